The van der Waals surface area contributed by atoms with Gasteiger partial charge in [-0.3, -0.25) is 25.2 Å². The fourth-order valence-corrected chi connectivity index (χ4v) is 3.66. The molecule has 172 valence electrons. The van der Waals surface area contributed by atoms with E-state index in [2.05, 4.69) is 23.1 Å². The molecule has 0 aliphatic heterocycles. The second kappa shape index (κ2) is 13.4. The first-order valence-corrected chi connectivity index (χ1v) is 11.6. The average molecular weight is 458 g/mol. The van der Waals surface area contributed by atoms with Gasteiger partial charge in [-0.05, 0) is 61.9 Å². The Balaban J connectivity index is 1.75. The van der Waals surface area contributed by atoms with Gasteiger partial charge in [-0.15, -0.1) is 11.8 Å². The van der Waals surface area contributed by atoms with Crippen molar-refractivity contribution >= 4 is 35.2 Å². The largest absolute Gasteiger partial charge is 0.494 e. The van der Waals surface area contributed by atoms with E-state index in [1.807, 2.05) is 12.1 Å². The number of ether oxygens (including phenoxy) is 1. The van der Waals surface area contributed by atoms with Crippen LogP contribution in [0.3, 0.4) is 0 Å². The number of carbonyl (C=O) groups excluding carboxylic acids is 3. The molecule has 0 spiro atoms. The Kier molecular flexibility index (Phi) is 10.6. The van der Waals surface area contributed by atoms with Gasteiger partial charge in [0.25, 0.3) is 11.8 Å². The van der Waals surface area contributed by atoms with Crippen LogP contribution in [0.2, 0.25) is 0 Å². The van der Waals surface area contributed by atoms with Gasteiger partial charge in [-0.25, -0.2) is 0 Å². The highest BCUT2D eigenvalue weighted by atomic mass is 32.2. The minimum atomic E-state index is -0.426. The molecule has 0 saturated heterocycles. The molecule has 3 N–H and O–H groups in total. The quantitative estimate of drug-likeness (QED) is 0.261. The highest BCUT2D eigenvalue weighted by Gasteiger charge is 2.16. The smallest absolute Gasteiger partial charge is 0.269 e. The molecule has 0 radical (unpaired) electrons. The molecular weight excluding hydrogens is 426 g/mol. The lowest BCUT2D eigenvalue weighted by molar-refractivity contribution is -0.121. The predicted octanol–water partition coefficient (Wildman–Crippen LogP) is 4.55. The Hall–Kier alpha value is -3.00. The average Bonchev–Trinajstić information content (AvgIpc) is 2.78. The lowest BCUT2D eigenvalue weighted by Gasteiger charge is -2.13. The number of benzene rings is 2. The third kappa shape index (κ3) is 9.01. The summed E-state index contributed by atoms with van der Waals surface area (Å²) in [6.45, 7) is 6.02. The van der Waals surface area contributed by atoms with Gasteiger partial charge >= 0.3 is 0 Å². The number of anilines is 1. The van der Waals surface area contributed by atoms with Crippen molar-refractivity contribution in [3.8, 4) is 5.75 Å². The van der Waals surface area contributed by atoms with Crippen molar-refractivity contribution in [2.75, 3.05) is 11.9 Å². The van der Waals surface area contributed by atoms with Crippen molar-refractivity contribution in [3.63, 3.8) is 0 Å². The Morgan fingerprint density at radius 3 is 2.25 bits per heavy atom. The molecule has 2 aromatic rings. The molecule has 0 aliphatic rings. The van der Waals surface area contributed by atoms with Gasteiger partial charge in [0.1, 0.15) is 5.75 Å². The second-order valence-corrected chi connectivity index (χ2v) is 8.76. The highest BCUT2D eigenvalue weighted by Crippen LogP contribution is 2.24. The lowest BCUT2D eigenvalue weighted by Crippen LogP contribution is -2.44. The summed E-state index contributed by atoms with van der Waals surface area (Å²) in [5.41, 5.74) is 6.02. The number of hydrogen-bond donors (Lipinski definition) is 3. The molecule has 8 heteroatoms. The van der Waals surface area contributed by atoms with Crippen molar-refractivity contribution in [1.82, 2.24) is 10.9 Å². The van der Waals surface area contributed by atoms with Crippen LogP contribution in [0.15, 0.2) is 53.4 Å². The molecule has 1 atom stereocenters. The van der Waals surface area contributed by atoms with E-state index >= 15 is 0 Å². The fraction of sp³-hybridized carbons (Fsp3) is 0.375. The van der Waals surface area contributed by atoms with Gasteiger partial charge in [0, 0.05) is 23.1 Å². The molecule has 3 amide bonds. The number of unbranched alkanes of at least 4 members (excludes halogenated alkanes) is 3. The topological polar surface area (TPSA) is 96.5 Å². The van der Waals surface area contributed by atoms with Crippen LogP contribution in [-0.4, -0.2) is 29.6 Å². The van der Waals surface area contributed by atoms with Gasteiger partial charge in [-0.2, -0.15) is 0 Å². The molecular formula is C24H31N3O4S. The van der Waals surface area contributed by atoms with Gasteiger partial charge in [0.2, 0.25) is 5.91 Å². The first kappa shape index (κ1) is 25.3. The van der Waals surface area contributed by atoms with Crippen molar-refractivity contribution in [2.45, 2.75) is 56.6 Å². The number of rotatable bonds is 11. The summed E-state index contributed by atoms with van der Waals surface area (Å²) in [4.78, 5) is 36.6. The van der Waals surface area contributed by atoms with Crippen LogP contribution in [-0.2, 0) is 9.59 Å². The van der Waals surface area contributed by atoms with E-state index in [1.165, 1.54) is 31.5 Å². The number of amides is 3. The van der Waals surface area contributed by atoms with E-state index < -0.39 is 11.2 Å². The predicted molar refractivity (Wildman–Crippen MR) is 128 cm³/mol. The maximum Gasteiger partial charge on any atom is 0.269 e. The van der Waals surface area contributed by atoms with Gasteiger partial charge in [0.15, 0.2) is 0 Å². The zero-order valence-electron chi connectivity index (χ0n) is 18.8. The van der Waals surface area contributed by atoms with E-state index in [-0.39, 0.29) is 11.8 Å². The molecule has 32 heavy (non-hydrogen) atoms. The highest BCUT2D eigenvalue weighted by molar-refractivity contribution is 8.00. The Morgan fingerprint density at radius 2 is 1.62 bits per heavy atom. The minimum absolute atomic E-state index is 0.140. The SMILES string of the molecule is CCCCCCOc1ccc(C(=O)NNC(=O)C(C)Sc2ccc(NC(C)=O)cc2)cc1. The van der Waals surface area contributed by atoms with Crippen LogP contribution in [0.5, 0.6) is 5.75 Å². The monoisotopic (exact) mass is 457 g/mol. The third-order valence-corrected chi connectivity index (χ3v) is 5.65. The molecule has 0 fully saturated rings. The van der Waals surface area contributed by atoms with E-state index in [1.54, 1.807) is 43.3 Å². The third-order valence-electron chi connectivity index (χ3n) is 4.54. The van der Waals surface area contributed by atoms with Crippen LogP contribution in [0.1, 0.15) is 56.8 Å². The van der Waals surface area contributed by atoms with Crippen molar-refractivity contribution in [3.05, 3.63) is 54.1 Å². The standard InChI is InChI=1S/C24H31N3O4S/c1-4-5-6-7-16-31-21-12-8-19(9-13-21)24(30)27-26-23(29)17(2)32-22-14-10-20(11-15-22)25-18(3)28/h8-15,17H,4-7,16H2,1-3H3,(H,25,28)(H,26,29)(H,27,30). The molecule has 0 aromatic heterocycles. The normalized spacial score (nSPS) is 11.3. The van der Waals surface area contributed by atoms with Gasteiger partial charge in [0.05, 0.1) is 11.9 Å². The minimum Gasteiger partial charge on any atom is -0.494 e. The van der Waals surface area contributed by atoms with Crippen LogP contribution < -0.4 is 20.9 Å². The van der Waals surface area contributed by atoms with Crippen LogP contribution in [0, 0.1) is 0 Å². The van der Waals surface area contributed by atoms with E-state index in [0.717, 1.165) is 23.5 Å². The number of hydrazine groups is 1. The van der Waals surface area contributed by atoms with Crippen LogP contribution >= 0.6 is 11.8 Å². The Labute approximate surface area is 193 Å². The summed E-state index contributed by atoms with van der Waals surface area (Å²) >= 11 is 1.35. The molecule has 0 bridgehead atoms. The van der Waals surface area contributed by atoms with Gasteiger partial charge < -0.3 is 10.1 Å². The Bertz CT molecular complexity index is 885. The Morgan fingerprint density at radius 1 is 0.938 bits per heavy atom. The molecule has 2 rings (SSSR count). The number of nitrogens with one attached hydrogen (secondary N) is 3. The number of hydrogen-bond acceptors (Lipinski definition) is 5. The zero-order chi connectivity index (χ0) is 23.3. The molecule has 0 heterocycles. The van der Waals surface area contributed by atoms with E-state index in [9.17, 15) is 14.4 Å². The zero-order valence-corrected chi connectivity index (χ0v) is 19.6. The van der Waals surface area contributed by atoms with Crippen molar-refractivity contribution < 1.29 is 19.1 Å². The van der Waals surface area contributed by atoms with Crippen LogP contribution in [0.4, 0.5) is 5.69 Å². The molecule has 7 nitrogen and oxygen atoms in total. The van der Waals surface area contributed by atoms with Crippen molar-refractivity contribution in [2.24, 2.45) is 0 Å². The summed E-state index contributed by atoms with van der Waals surface area (Å²) in [5.74, 6) is -0.138. The molecule has 1 unspecified atom stereocenters. The van der Waals surface area contributed by atoms with Gasteiger partial charge in [-0.1, -0.05) is 26.2 Å². The van der Waals surface area contributed by atoms with Crippen LogP contribution in [0.25, 0.3) is 0 Å². The lowest BCUT2D eigenvalue weighted by atomic mass is 10.2. The van der Waals surface area contributed by atoms with E-state index in [4.69, 9.17) is 4.74 Å². The molecule has 0 aliphatic carbocycles. The first-order valence-electron chi connectivity index (χ1n) is 10.8. The second-order valence-electron chi connectivity index (χ2n) is 7.34. The summed E-state index contributed by atoms with van der Waals surface area (Å²) < 4.78 is 5.67. The number of thioether (sulfide) groups is 1. The van der Waals surface area contributed by atoms with Crippen molar-refractivity contribution in [1.29, 1.82) is 0 Å². The summed E-state index contributed by atoms with van der Waals surface area (Å²) in [6, 6.07) is 14.0. The number of carbonyl (C=O) groups is 3. The maximum absolute atomic E-state index is 12.3. The summed E-state index contributed by atoms with van der Waals surface area (Å²) in [7, 11) is 0. The summed E-state index contributed by atoms with van der Waals surface area (Å²) in [5, 5.41) is 2.27. The first-order chi connectivity index (χ1) is 15.4. The summed E-state index contributed by atoms with van der Waals surface area (Å²) in [6.07, 6.45) is 4.55. The fourth-order valence-electron chi connectivity index (χ4n) is 2.79. The maximum atomic E-state index is 12.3. The molecule has 2 aromatic carbocycles. The molecule has 0 saturated carbocycles. The van der Waals surface area contributed by atoms with E-state index in [0.29, 0.717) is 17.9 Å².